The Morgan fingerprint density at radius 3 is 2.54 bits per heavy atom. The van der Waals surface area contributed by atoms with Crippen LogP contribution in [-0.2, 0) is 14.7 Å². The van der Waals surface area contributed by atoms with Gasteiger partial charge in [0.2, 0.25) is 17.8 Å². The summed E-state index contributed by atoms with van der Waals surface area (Å²) in [5, 5.41) is 6.35. The van der Waals surface area contributed by atoms with Crippen LogP contribution >= 0.6 is 0 Å². The summed E-state index contributed by atoms with van der Waals surface area (Å²) in [4.78, 5) is 32.9. The quantitative estimate of drug-likeness (QED) is 0.436. The minimum atomic E-state index is -3.06. The molecular weight excluding hydrogens is 470 g/mol. The van der Waals surface area contributed by atoms with E-state index < -0.39 is 9.84 Å². The van der Waals surface area contributed by atoms with Gasteiger partial charge in [-0.05, 0) is 43.4 Å². The molecule has 12 heteroatoms. The van der Waals surface area contributed by atoms with Crippen LogP contribution in [0.2, 0.25) is 0 Å². The molecule has 0 radical (unpaired) electrons. The third-order valence-electron chi connectivity index (χ3n) is 5.30. The smallest absolute Gasteiger partial charge is 0.274 e. The molecule has 11 nitrogen and oxygen atoms in total. The van der Waals surface area contributed by atoms with E-state index >= 15 is 0 Å². The van der Waals surface area contributed by atoms with E-state index in [0.717, 1.165) is 5.56 Å². The standard InChI is InChI=1S/C23H35N7O4S/c1-7-34-29-19(31)16-9-8-15(2)18(12-16)25-21-26-20(24-17-10-11-35(32,33)13-17)27-22(28-21)30(6)14-23(3,4)5/h8-9,12,17H,7,10-11,13-14H2,1-6H3,(H,29,31)(H2,24,25,26,27,28). The predicted octanol–water partition coefficient (Wildman–Crippen LogP) is 2.69. The van der Waals surface area contributed by atoms with Crippen molar-refractivity contribution >= 4 is 39.3 Å². The maximum atomic E-state index is 12.3. The van der Waals surface area contributed by atoms with Crippen molar-refractivity contribution < 1.29 is 18.0 Å². The van der Waals surface area contributed by atoms with Crippen molar-refractivity contribution in [1.29, 1.82) is 0 Å². The zero-order valence-electron chi connectivity index (χ0n) is 21.2. The molecule has 1 aliphatic heterocycles. The van der Waals surface area contributed by atoms with Crippen LogP contribution in [0.3, 0.4) is 0 Å². The van der Waals surface area contributed by atoms with Gasteiger partial charge in [-0.2, -0.15) is 15.0 Å². The SMILES string of the molecule is CCONC(=O)c1ccc(C)c(Nc2nc(NC3CCS(=O)(=O)C3)nc(N(C)CC(C)(C)C)n2)c1. The Morgan fingerprint density at radius 1 is 1.20 bits per heavy atom. The molecule has 0 aliphatic carbocycles. The highest BCUT2D eigenvalue weighted by atomic mass is 32.2. The van der Waals surface area contributed by atoms with Gasteiger partial charge in [-0.3, -0.25) is 9.63 Å². The molecule has 1 aromatic carbocycles. The third-order valence-corrected chi connectivity index (χ3v) is 7.07. The first-order valence-corrected chi connectivity index (χ1v) is 13.4. The largest absolute Gasteiger partial charge is 0.350 e. The maximum Gasteiger partial charge on any atom is 0.274 e. The van der Waals surface area contributed by atoms with Crippen molar-refractivity contribution in [2.75, 3.05) is 47.2 Å². The van der Waals surface area contributed by atoms with E-state index in [0.29, 0.717) is 42.7 Å². The summed E-state index contributed by atoms with van der Waals surface area (Å²) >= 11 is 0. The summed E-state index contributed by atoms with van der Waals surface area (Å²) in [6.07, 6.45) is 0.500. The summed E-state index contributed by atoms with van der Waals surface area (Å²) in [7, 11) is -1.16. The van der Waals surface area contributed by atoms with Crippen LogP contribution in [0.5, 0.6) is 0 Å². The lowest BCUT2D eigenvalue weighted by atomic mass is 9.96. The number of aromatic nitrogens is 3. The number of sulfone groups is 1. The van der Waals surface area contributed by atoms with Gasteiger partial charge in [-0.15, -0.1) is 0 Å². The van der Waals surface area contributed by atoms with Gasteiger partial charge in [0.05, 0.1) is 18.1 Å². The van der Waals surface area contributed by atoms with E-state index in [9.17, 15) is 13.2 Å². The average molecular weight is 506 g/mol. The van der Waals surface area contributed by atoms with Crippen molar-refractivity contribution in [1.82, 2.24) is 20.4 Å². The molecule has 192 valence electrons. The molecule has 2 heterocycles. The van der Waals surface area contributed by atoms with Crippen LogP contribution in [0, 0.1) is 12.3 Å². The molecule has 1 atom stereocenters. The minimum absolute atomic E-state index is 0.000928. The Hall–Kier alpha value is -2.99. The Kier molecular flexibility index (Phi) is 8.16. The number of rotatable bonds is 9. The number of benzene rings is 1. The molecule has 1 unspecified atom stereocenters. The summed E-state index contributed by atoms with van der Waals surface area (Å²) in [5.74, 6) is 0.857. The van der Waals surface area contributed by atoms with Crippen LogP contribution < -0.4 is 21.0 Å². The highest BCUT2D eigenvalue weighted by molar-refractivity contribution is 7.91. The first-order chi connectivity index (χ1) is 16.3. The van der Waals surface area contributed by atoms with E-state index in [1.807, 2.05) is 24.9 Å². The molecule has 0 spiro atoms. The topological polar surface area (TPSA) is 138 Å². The molecular formula is C23H35N7O4S. The molecule has 0 bridgehead atoms. The Morgan fingerprint density at radius 2 is 1.91 bits per heavy atom. The molecule has 2 aromatic rings. The first-order valence-electron chi connectivity index (χ1n) is 11.6. The number of carbonyl (C=O) groups excluding carboxylic acids is 1. The highest BCUT2D eigenvalue weighted by Gasteiger charge is 2.29. The number of carbonyl (C=O) groups is 1. The number of nitrogens with zero attached hydrogens (tertiary/aromatic N) is 4. The second kappa shape index (κ2) is 10.7. The van der Waals surface area contributed by atoms with Crippen LogP contribution in [-0.4, -0.2) is 67.0 Å². The van der Waals surface area contributed by atoms with Crippen LogP contribution in [0.15, 0.2) is 18.2 Å². The fourth-order valence-corrected chi connectivity index (χ4v) is 5.42. The molecule has 0 saturated carbocycles. The van der Waals surface area contributed by atoms with Gasteiger partial charge in [0.1, 0.15) is 0 Å². The van der Waals surface area contributed by atoms with Crippen molar-refractivity contribution in [3.8, 4) is 0 Å². The number of amides is 1. The number of aryl methyl sites for hydroxylation is 1. The number of hydrogen-bond acceptors (Lipinski definition) is 10. The van der Waals surface area contributed by atoms with Crippen LogP contribution in [0.25, 0.3) is 0 Å². The average Bonchev–Trinajstić information content (AvgIpc) is 3.10. The van der Waals surface area contributed by atoms with E-state index in [2.05, 4.69) is 51.8 Å². The summed E-state index contributed by atoms with van der Waals surface area (Å²) < 4.78 is 23.8. The van der Waals surface area contributed by atoms with Crippen LogP contribution in [0.1, 0.15) is 50.0 Å². The van der Waals surface area contributed by atoms with E-state index in [4.69, 9.17) is 4.84 Å². The molecule has 3 N–H and O–H groups in total. The lowest BCUT2D eigenvalue weighted by Gasteiger charge is -2.27. The lowest BCUT2D eigenvalue weighted by Crippen LogP contribution is -2.31. The molecule has 1 amide bonds. The van der Waals surface area contributed by atoms with Gasteiger partial charge in [-0.1, -0.05) is 26.8 Å². The molecule has 35 heavy (non-hydrogen) atoms. The van der Waals surface area contributed by atoms with Gasteiger partial charge in [-0.25, -0.2) is 13.9 Å². The Labute approximate surface area is 207 Å². The second-order valence-corrected chi connectivity index (χ2v) is 12.2. The van der Waals surface area contributed by atoms with Crippen LogP contribution in [0.4, 0.5) is 23.5 Å². The van der Waals surface area contributed by atoms with E-state index in [1.165, 1.54) is 0 Å². The zero-order chi connectivity index (χ0) is 25.8. The third kappa shape index (κ3) is 7.76. The maximum absolute atomic E-state index is 12.3. The number of anilines is 4. The summed E-state index contributed by atoms with van der Waals surface area (Å²) in [5.41, 5.74) is 4.35. The van der Waals surface area contributed by atoms with Gasteiger partial charge in [0.25, 0.3) is 5.91 Å². The molecule has 1 aromatic heterocycles. The lowest BCUT2D eigenvalue weighted by molar-refractivity contribution is 0.0364. The Balaban J connectivity index is 1.91. The fraction of sp³-hybridized carbons (Fsp3) is 0.565. The molecule has 1 saturated heterocycles. The first kappa shape index (κ1) is 26.6. The monoisotopic (exact) mass is 505 g/mol. The summed E-state index contributed by atoms with van der Waals surface area (Å²) in [6.45, 7) is 11.1. The van der Waals surface area contributed by atoms with Crippen molar-refractivity contribution in [3.63, 3.8) is 0 Å². The highest BCUT2D eigenvalue weighted by Crippen LogP contribution is 2.24. The Bertz CT molecular complexity index is 1160. The molecule has 1 aliphatic rings. The van der Waals surface area contributed by atoms with Gasteiger partial charge < -0.3 is 15.5 Å². The fourth-order valence-electron chi connectivity index (χ4n) is 3.74. The van der Waals surface area contributed by atoms with Crippen molar-refractivity contribution in [2.24, 2.45) is 5.41 Å². The molecule has 3 rings (SSSR count). The van der Waals surface area contributed by atoms with Crippen molar-refractivity contribution in [2.45, 2.75) is 47.1 Å². The number of hydrogen-bond donors (Lipinski definition) is 3. The van der Waals surface area contributed by atoms with Gasteiger partial charge in [0.15, 0.2) is 9.84 Å². The van der Waals surface area contributed by atoms with E-state index in [1.54, 1.807) is 19.1 Å². The van der Waals surface area contributed by atoms with Gasteiger partial charge >= 0.3 is 0 Å². The summed E-state index contributed by atoms with van der Waals surface area (Å²) in [6, 6.07) is 4.96. The number of hydroxylamine groups is 1. The molecule has 1 fully saturated rings. The zero-order valence-corrected chi connectivity index (χ0v) is 22.0. The van der Waals surface area contributed by atoms with Gasteiger partial charge in [0, 0.05) is 30.9 Å². The van der Waals surface area contributed by atoms with E-state index in [-0.39, 0.29) is 34.8 Å². The minimum Gasteiger partial charge on any atom is -0.350 e. The van der Waals surface area contributed by atoms with Crippen molar-refractivity contribution in [3.05, 3.63) is 29.3 Å². The second-order valence-electron chi connectivity index (χ2n) is 9.96. The number of nitrogens with one attached hydrogen (secondary N) is 3. The normalized spacial score (nSPS) is 17.1. The predicted molar refractivity (Wildman–Crippen MR) is 137 cm³/mol.